The van der Waals surface area contributed by atoms with Gasteiger partial charge in [0.05, 0.1) is 0 Å². The van der Waals surface area contributed by atoms with Gasteiger partial charge in [-0.25, -0.2) is 0 Å². The third-order valence-corrected chi connectivity index (χ3v) is 12.1. The van der Waals surface area contributed by atoms with Gasteiger partial charge in [-0.2, -0.15) is 0 Å². The molecule has 24 heavy (non-hydrogen) atoms. The Bertz CT molecular complexity index is 662. The van der Waals surface area contributed by atoms with Gasteiger partial charge < -0.3 is 0 Å². The zero-order valence-corrected chi connectivity index (χ0v) is 16.6. The van der Waals surface area contributed by atoms with Crippen LogP contribution in [-0.2, 0) is 20.8 Å². The van der Waals surface area contributed by atoms with Crippen molar-refractivity contribution in [2.45, 2.75) is 48.8 Å². The summed E-state index contributed by atoms with van der Waals surface area (Å²) in [5.41, 5.74) is 2.87. The van der Waals surface area contributed by atoms with Crippen molar-refractivity contribution in [3.05, 3.63) is 72.0 Å². The fourth-order valence-corrected chi connectivity index (χ4v) is 11.1. The van der Waals surface area contributed by atoms with E-state index in [1.807, 2.05) is 0 Å². The zero-order valence-electron chi connectivity index (χ0n) is 14.3. The molecule has 0 bridgehead atoms. The van der Waals surface area contributed by atoms with Gasteiger partial charge in [-0.1, -0.05) is 0 Å². The van der Waals surface area contributed by atoms with Crippen molar-refractivity contribution < 1.29 is 17.1 Å². The molecule has 0 radical (unpaired) electrons. The average molecular weight is 375 g/mol. The molecule has 1 aromatic carbocycles. The molecule has 0 aromatic heterocycles. The molecule has 125 valence electrons. The van der Waals surface area contributed by atoms with Crippen molar-refractivity contribution in [2.24, 2.45) is 5.92 Å². The van der Waals surface area contributed by atoms with Crippen LogP contribution in [0.4, 0.5) is 0 Å². The summed E-state index contributed by atoms with van der Waals surface area (Å²) in [6.07, 6.45) is 18.3. The number of allylic oxidation sites excluding steroid dienone is 5. The number of rotatable bonds is 3. The summed E-state index contributed by atoms with van der Waals surface area (Å²) >= 11 is -2.05. The maximum atomic E-state index is 7.42. The van der Waals surface area contributed by atoms with Gasteiger partial charge in [-0.15, -0.1) is 0 Å². The molecule has 1 aromatic rings. The standard InChI is InChI=1S/C21H25N.ClH.Ti/c1-17(16-22-20-14-6-3-7-15-20)21(19-12-8-9-13-19)18-10-4-2-5-11-18;;/h2,4-5,8-13,16,19-20H,3,6-7,14-15H2,1H3;1H;/q-1;;+2/p-1. The molecule has 0 amide bonds. The Kier molecular flexibility index (Phi) is 4.78. The second kappa shape index (κ2) is 6.86. The Balaban J connectivity index is 1.78. The molecule has 0 spiro atoms. The Morgan fingerprint density at radius 2 is 1.71 bits per heavy atom. The molecule has 1 heterocycles. The van der Waals surface area contributed by atoms with Crippen LogP contribution < -0.4 is 0 Å². The second-order valence-corrected chi connectivity index (χ2v) is 11.7. The summed E-state index contributed by atoms with van der Waals surface area (Å²) < 4.78 is 2.65. The van der Waals surface area contributed by atoms with E-state index in [1.54, 1.807) is 0 Å². The van der Waals surface area contributed by atoms with Crippen molar-refractivity contribution >= 4 is 9.30 Å². The molecule has 1 aliphatic heterocycles. The fraction of sp³-hybridized carbons (Fsp3) is 0.429. The van der Waals surface area contributed by atoms with E-state index in [1.165, 1.54) is 43.2 Å². The minimum absolute atomic E-state index is 0.00373. The zero-order chi connectivity index (χ0) is 16.6. The van der Waals surface area contributed by atoms with Crippen LogP contribution in [0, 0.1) is 5.92 Å². The van der Waals surface area contributed by atoms with E-state index in [4.69, 9.17) is 9.30 Å². The van der Waals surface area contributed by atoms with Crippen molar-refractivity contribution in [1.82, 2.24) is 3.38 Å². The van der Waals surface area contributed by atoms with Crippen LogP contribution in [0.25, 0.3) is 0 Å². The van der Waals surface area contributed by atoms with Gasteiger partial charge in [-0.05, 0) is 0 Å². The topological polar surface area (TPSA) is 3.24 Å². The van der Waals surface area contributed by atoms with E-state index in [9.17, 15) is 0 Å². The molecule has 1 nitrogen and oxygen atoms in total. The molecule has 3 aliphatic rings. The first kappa shape index (κ1) is 16.7. The third-order valence-electron chi connectivity index (χ3n) is 5.95. The Labute approximate surface area is 156 Å². The third kappa shape index (κ3) is 2.57. The van der Waals surface area contributed by atoms with Crippen LogP contribution in [-0.4, -0.2) is 9.42 Å². The Hall–Kier alpha value is -0.756. The summed E-state index contributed by atoms with van der Waals surface area (Å²) in [5, 5.41) is 0. The molecular formula is C21H25ClNTi. The van der Waals surface area contributed by atoms with Crippen molar-refractivity contribution in [3.8, 4) is 0 Å². The first-order valence-corrected chi connectivity index (χ1v) is 12.8. The van der Waals surface area contributed by atoms with Gasteiger partial charge in [0, 0.05) is 0 Å². The van der Waals surface area contributed by atoms with Gasteiger partial charge in [0.25, 0.3) is 0 Å². The van der Waals surface area contributed by atoms with Crippen LogP contribution >= 0.6 is 9.30 Å². The summed E-state index contributed by atoms with van der Waals surface area (Å²) in [7, 11) is 7.42. The average Bonchev–Trinajstić information content (AvgIpc) is 3.24. The molecule has 4 rings (SSSR count). The Morgan fingerprint density at radius 1 is 1.04 bits per heavy atom. The molecule has 2 aliphatic carbocycles. The van der Waals surface area contributed by atoms with E-state index in [2.05, 4.69) is 71.1 Å². The second-order valence-electron chi connectivity index (χ2n) is 7.27. The van der Waals surface area contributed by atoms with Gasteiger partial charge in [0.15, 0.2) is 0 Å². The fourth-order valence-electron chi connectivity index (χ4n) is 4.72. The molecule has 0 N–H and O–H groups in total. The van der Waals surface area contributed by atoms with Crippen molar-refractivity contribution in [2.75, 3.05) is 0 Å². The molecule has 1 atom stereocenters. The van der Waals surface area contributed by atoms with Gasteiger partial charge >= 0.3 is 156 Å². The van der Waals surface area contributed by atoms with Crippen LogP contribution in [0.1, 0.15) is 44.6 Å². The summed E-state index contributed by atoms with van der Waals surface area (Å²) in [6.45, 7) is 2.31. The van der Waals surface area contributed by atoms with Gasteiger partial charge in [0.2, 0.25) is 0 Å². The molecular weight excluding hydrogens is 350 g/mol. The number of nitrogens with zero attached hydrogens (tertiary/aromatic N) is 1. The van der Waals surface area contributed by atoms with E-state index in [-0.39, 0.29) is 3.72 Å². The maximum absolute atomic E-state index is 7.42. The molecule has 1 saturated carbocycles. The quantitative estimate of drug-likeness (QED) is 0.599. The van der Waals surface area contributed by atoms with E-state index in [0.717, 1.165) is 0 Å². The van der Waals surface area contributed by atoms with Gasteiger partial charge in [0.1, 0.15) is 0 Å². The van der Waals surface area contributed by atoms with Crippen molar-refractivity contribution in [1.29, 1.82) is 0 Å². The number of benzene rings is 1. The van der Waals surface area contributed by atoms with Crippen LogP contribution in [0.15, 0.2) is 66.4 Å². The van der Waals surface area contributed by atoms with Gasteiger partial charge in [-0.3, -0.25) is 0 Å². The minimum atomic E-state index is -2.05. The van der Waals surface area contributed by atoms with E-state index >= 15 is 0 Å². The number of hydrogen-bond donors (Lipinski definition) is 0. The van der Waals surface area contributed by atoms with E-state index < -0.39 is 17.1 Å². The molecule has 1 fully saturated rings. The molecule has 0 saturated heterocycles. The first-order valence-electron chi connectivity index (χ1n) is 9.15. The SMILES string of the molecule is CC1=C[N](C2CCCCC2)[Ti]([Cl])[C]1(c1ccccc1)C1C=CC=C1. The van der Waals surface area contributed by atoms with Crippen LogP contribution in [0.2, 0.25) is 0 Å². The monoisotopic (exact) mass is 374 g/mol. The summed E-state index contributed by atoms with van der Waals surface area (Å²) in [5.74, 6) is 0.400. The number of hydrogen-bond acceptors (Lipinski definition) is 1. The normalized spacial score (nSPS) is 28.0. The molecule has 3 heteroatoms. The van der Waals surface area contributed by atoms with E-state index in [0.29, 0.717) is 12.0 Å². The Morgan fingerprint density at radius 3 is 2.38 bits per heavy atom. The first-order chi connectivity index (χ1) is 11.7. The van der Waals surface area contributed by atoms with Crippen molar-refractivity contribution in [3.63, 3.8) is 0 Å². The number of halogens is 1. The summed E-state index contributed by atoms with van der Waals surface area (Å²) in [4.78, 5) is 0. The summed E-state index contributed by atoms with van der Waals surface area (Å²) in [6, 6.07) is 11.7. The van der Waals surface area contributed by atoms with Crippen LogP contribution in [0.5, 0.6) is 0 Å². The predicted octanol–water partition coefficient (Wildman–Crippen LogP) is 5.86. The molecule has 1 unspecified atom stereocenters. The predicted molar refractivity (Wildman–Crippen MR) is 98.2 cm³/mol. The van der Waals surface area contributed by atoms with Crippen LogP contribution in [0.3, 0.4) is 0 Å².